The van der Waals surface area contributed by atoms with Crippen LogP contribution >= 0.6 is 11.8 Å². The Kier molecular flexibility index (Phi) is 8.12. The Bertz CT molecular complexity index is 977. The van der Waals surface area contributed by atoms with Gasteiger partial charge in [-0.1, -0.05) is 60.7 Å². The fourth-order valence-electron chi connectivity index (χ4n) is 3.17. The van der Waals surface area contributed by atoms with E-state index in [0.717, 1.165) is 16.0 Å². The average molecular weight is 436 g/mol. The van der Waals surface area contributed by atoms with Crippen LogP contribution in [-0.4, -0.2) is 23.6 Å². The van der Waals surface area contributed by atoms with Gasteiger partial charge in [-0.15, -0.1) is 11.8 Å². The number of carboxylic acid groups (broad SMARTS) is 1. The molecule has 31 heavy (non-hydrogen) atoms. The number of carbonyl (C=O) groups excluding carboxylic acids is 1. The van der Waals surface area contributed by atoms with E-state index in [-0.39, 0.29) is 12.3 Å². The number of thioether (sulfide) groups is 1. The molecule has 2 N–H and O–H groups in total. The van der Waals surface area contributed by atoms with Crippen molar-refractivity contribution in [1.29, 1.82) is 0 Å². The van der Waals surface area contributed by atoms with Crippen LogP contribution in [0.5, 0.6) is 5.75 Å². The van der Waals surface area contributed by atoms with Gasteiger partial charge in [-0.2, -0.15) is 0 Å². The van der Waals surface area contributed by atoms with Crippen molar-refractivity contribution >= 4 is 23.6 Å². The van der Waals surface area contributed by atoms with E-state index in [9.17, 15) is 14.7 Å². The quantitative estimate of drug-likeness (QED) is 0.425. The maximum absolute atomic E-state index is 13.3. The highest BCUT2D eigenvalue weighted by Gasteiger charge is 2.26. The number of ether oxygens (including phenoxy) is 1. The van der Waals surface area contributed by atoms with Gasteiger partial charge in [0.2, 0.25) is 5.91 Å². The van der Waals surface area contributed by atoms with Gasteiger partial charge in [0.25, 0.3) is 0 Å². The van der Waals surface area contributed by atoms with Crippen molar-refractivity contribution in [2.24, 2.45) is 0 Å². The van der Waals surface area contributed by atoms with E-state index in [4.69, 9.17) is 4.74 Å². The monoisotopic (exact) mass is 435 g/mol. The summed E-state index contributed by atoms with van der Waals surface area (Å²) in [5, 5.41) is 11.8. The zero-order valence-electron chi connectivity index (χ0n) is 17.2. The number of benzene rings is 3. The first-order valence-electron chi connectivity index (χ1n) is 10.1. The highest BCUT2D eigenvalue weighted by Crippen LogP contribution is 2.36. The van der Waals surface area contributed by atoms with E-state index < -0.39 is 17.3 Å². The van der Waals surface area contributed by atoms with E-state index in [2.05, 4.69) is 5.32 Å². The molecule has 0 radical (unpaired) electrons. The molecule has 2 atom stereocenters. The predicted octanol–water partition coefficient (Wildman–Crippen LogP) is 5.25. The van der Waals surface area contributed by atoms with Crippen molar-refractivity contribution in [3.63, 3.8) is 0 Å². The molecule has 0 spiro atoms. The summed E-state index contributed by atoms with van der Waals surface area (Å²) in [5.74, 6) is -0.514. The molecular weight excluding hydrogens is 410 g/mol. The first-order valence-corrected chi connectivity index (χ1v) is 11.0. The SMILES string of the molecule is CCOc1ccc([C@@H](CC(=O)O)NC(=O)[C@H](Sc2ccccc2)c2ccccc2)cc1. The number of amides is 1. The lowest BCUT2D eigenvalue weighted by atomic mass is 10.0. The minimum atomic E-state index is -0.980. The number of aliphatic carboxylic acids is 1. The molecule has 3 aromatic rings. The standard InChI is InChI=1S/C25H25NO4S/c1-2-30-20-15-13-18(14-16-20)22(17-23(27)28)26-25(29)24(19-9-5-3-6-10-19)31-21-11-7-4-8-12-21/h3-16,22,24H,2,17H2,1H3,(H,26,29)(H,27,28)/t22-,24-/m1/s1. The Balaban J connectivity index is 1.84. The maximum atomic E-state index is 13.3. The van der Waals surface area contributed by atoms with Crippen LogP contribution in [0.4, 0.5) is 0 Å². The van der Waals surface area contributed by atoms with Crippen LogP contribution in [-0.2, 0) is 9.59 Å². The third kappa shape index (κ3) is 6.62. The molecule has 0 unspecified atom stereocenters. The van der Waals surface area contributed by atoms with Crippen molar-refractivity contribution in [3.8, 4) is 5.75 Å². The summed E-state index contributed by atoms with van der Waals surface area (Å²) in [6, 6.07) is 25.7. The van der Waals surface area contributed by atoms with Crippen LogP contribution in [0.3, 0.4) is 0 Å². The maximum Gasteiger partial charge on any atom is 0.305 e. The largest absolute Gasteiger partial charge is 0.494 e. The zero-order valence-corrected chi connectivity index (χ0v) is 18.0. The smallest absolute Gasteiger partial charge is 0.305 e. The average Bonchev–Trinajstić information content (AvgIpc) is 2.79. The van der Waals surface area contributed by atoms with Gasteiger partial charge < -0.3 is 15.2 Å². The van der Waals surface area contributed by atoms with Gasteiger partial charge in [-0.25, -0.2) is 0 Å². The van der Waals surface area contributed by atoms with Gasteiger partial charge in [-0.05, 0) is 42.3 Å². The summed E-state index contributed by atoms with van der Waals surface area (Å²) in [5.41, 5.74) is 1.57. The van der Waals surface area contributed by atoms with Crippen LogP contribution in [0.2, 0.25) is 0 Å². The fourth-order valence-corrected chi connectivity index (χ4v) is 4.23. The highest BCUT2D eigenvalue weighted by molar-refractivity contribution is 8.00. The predicted molar refractivity (Wildman–Crippen MR) is 122 cm³/mol. The fraction of sp³-hybridized carbons (Fsp3) is 0.200. The van der Waals surface area contributed by atoms with E-state index in [0.29, 0.717) is 12.4 Å². The van der Waals surface area contributed by atoms with Gasteiger partial charge in [0, 0.05) is 4.90 Å². The van der Waals surface area contributed by atoms with E-state index >= 15 is 0 Å². The number of carbonyl (C=O) groups is 2. The lowest BCUT2D eigenvalue weighted by Crippen LogP contribution is -2.33. The Morgan fingerprint density at radius 3 is 2.10 bits per heavy atom. The summed E-state index contributed by atoms with van der Waals surface area (Å²) in [6.45, 7) is 2.44. The Hall–Kier alpha value is -3.25. The molecule has 1 amide bonds. The molecule has 0 saturated carbocycles. The molecule has 6 heteroatoms. The molecule has 0 aliphatic carbocycles. The van der Waals surface area contributed by atoms with E-state index in [1.807, 2.05) is 67.6 Å². The minimum absolute atomic E-state index is 0.211. The van der Waals surface area contributed by atoms with Crippen LogP contribution in [0, 0.1) is 0 Å². The van der Waals surface area contributed by atoms with Gasteiger partial charge in [0.1, 0.15) is 11.0 Å². The Morgan fingerprint density at radius 2 is 1.52 bits per heavy atom. The van der Waals surface area contributed by atoms with Crippen molar-refractivity contribution < 1.29 is 19.4 Å². The molecule has 0 aromatic heterocycles. The molecule has 0 aliphatic heterocycles. The topological polar surface area (TPSA) is 75.6 Å². The molecule has 5 nitrogen and oxygen atoms in total. The number of hydrogen-bond acceptors (Lipinski definition) is 4. The van der Waals surface area contributed by atoms with Gasteiger partial charge in [-0.3, -0.25) is 9.59 Å². The molecule has 0 fully saturated rings. The van der Waals surface area contributed by atoms with Gasteiger partial charge in [0.05, 0.1) is 19.1 Å². The second kappa shape index (κ2) is 11.2. The number of rotatable bonds is 10. The molecule has 0 bridgehead atoms. The zero-order chi connectivity index (χ0) is 22.1. The van der Waals surface area contributed by atoms with Gasteiger partial charge >= 0.3 is 5.97 Å². The first kappa shape index (κ1) is 22.4. The lowest BCUT2D eigenvalue weighted by molar-refractivity contribution is -0.137. The second-order valence-corrected chi connectivity index (χ2v) is 8.06. The molecule has 0 saturated heterocycles. The van der Waals surface area contributed by atoms with Crippen LogP contribution < -0.4 is 10.1 Å². The summed E-state index contributed by atoms with van der Waals surface area (Å²) in [4.78, 5) is 25.8. The number of nitrogens with one attached hydrogen (secondary N) is 1. The molecule has 0 aliphatic rings. The normalized spacial score (nSPS) is 12.5. The summed E-state index contributed by atoms with van der Waals surface area (Å²) in [6.07, 6.45) is -0.211. The van der Waals surface area contributed by atoms with Crippen LogP contribution in [0.25, 0.3) is 0 Å². The summed E-state index contributed by atoms with van der Waals surface area (Å²) >= 11 is 1.44. The van der Waals surface area contributed by atoms with Crippen molar-refractivity contribution in [3.05, 3.63) is 96.1 Å². The third-order valence-corrected chi connectivity index (χ3v) is 5.89. The van der Waals surface area contributed by atoms with E-state index in [1.165, 1.54) is 11.8 Å². The Morgan fingerprint density at radius 1 is 0.903 bits per heavy atom. The molecule has 0 heterocycles. The summed E-state index contributed by atoms with van der Waals surface area (Å²) < 4.78 is 5.46. The molecule has 160 valence electrons. The Labute approximate surface area is 186 Å². The van der Waals surface area contributed by atoms with E-state index in [1.54, 1.807) is 24.3 Å². The molecular formula is C25H25NO4S. The summed E-state index contributed by atoms with van der Waals surface area (Å²) in [7, 11) is 0. The highest BCUT2D eigenvalue weighted by atomic mass is 32.2. The van der Waals surface area contributed by atoms with Crippen LogP contribution in [0.1, 0.15) is 35.8 Å². The number of hydrogen-bond donors (Lipinski definition) is 2. The third-order valence-electron chi connectivity index (χ3n) is 4.63. The first-order chi connectivity index (χ1) is 15.1. The van der Waals surface area contributed by atoms with Crippen molar-refractivity contribution in [2.45, 2.75) is 29.5 Å². The van der Waals surface area contributed by atoms with Crippen molar-refractivity contribution in [2.75, 3.05) is 6.61 Å². The minimum Gasteiger partial charge on any atom is -0.494 e. The van der Waals surface area contributed by atoms with Gasteiger partial charge in [0.15, 0.2) is 0 Å². The molecule has 3 aromatic carbocycles. The molecule has 3 rings (SSSR count). The number of carboxylic acids is 1. The van der Waals surface area contributed by atoms with Crippen molar-refractivity contribution in [1.82, 2.24) is 5.32 Å². The lowest BCUT2D eigenvalue weighted by Gasteiger charge is -2.22. The second-order valence-electron chi connectivity index (χ2n) is 6.88. The van der Waals surface area contributed by atoms with Crippen LogP contribution in [0.15, 0.2) is 89.8 Å².